The summed E-state index contributed by atoms with van der Waals surface area (Å²) < 4.78 is 18.4. The summed E-state index contributed by atoms with van der Waals surface area (Å²) in [4.78, 5) is 4.11. The molecular formula is C9H12FN3O. The Morgan fingerprint density at radius 1 is 1.50 bits per heavy atom. The van der Waals surface area contributed by atoms with E-state index in [1.54, 1.807) is 0 Å². The van der Waals surface area contributed by atoms with Crippen molar-refractivity contribution in [3.63, 3.8) is 0 Å². The fourth-order valence-electron chi connectivity index (χ4n) is 1.79. The first-order valence-corrected chi connectivity index (χ1v) is 5.04. The molecule has 0 bridgehead atoms. The van der Waals surface area contributed by atoms with Crippen LogP contribution in [0.2, 0.25) is 0 Å². The van der Waals surface area contributed by atoms with Crippen LogP contribution in [0.5, 0.6) is 0 Å². The number of rotatable bonds is 2. The normalized spacial score (nSPS) is 29.4. The van der Waals surface area contributed by atoms with Crippen LogP contribution in [0.1, 0.15) is 43.4 Å². The molecule has 1 aliphatic heterocycles. The zero-order chi connectivity index (χ0) is 9.60. The lowest BCUT2D eigenvalue weighted by Crippen LogP contribution is -2.14. The summed E-state index contributed by atoms with van der Waals surface area (Å²) >= 11 is 0. The van der Waals surface area contributed by atoms with Gasteiger partial charge in [-0.2, -0.15) is 4.98 Å². The topological polar surface area (TPSA) is 51.0 Å². The smallest absolute Gasteiger partial charge is 0.264 e. The van der Waals surface area contributed by atoms with E-state index in [0.717, 1.165) is 19.4 Å². The van der Waals surface area contributed by atoms with E-state index in [-0.39, 0.29) is 11.9 Å². The van der Waals surface area contributed by atoms with E-state index in [9.17, 15) is 4.39 Å². The quantitative estimate of drug-likeness (QED) is 0.779. The van der Waals surface area contributed by atoms with Crippen LogP contribution in [-0.2, 0) is 5.67 Å². The van der Waals surface area contributed by atoms with E-state index in [4.69, 9.17) is 4.52 Å². The standard InChI is InChI=1S/C9H12FN3O/c10-9(3-4-9)8-12-7(13-14-8)6-2-1-5-11-6/h6,11H,1-5H2. The summed E-state index contributed by atoms with van der Waals surface area (Å²) in [6.45, 7) is 0.981. The molecular weight excluding hydrogens is 185 g/mol. The van der Waals surface area contributed by atoms with Crippen LogP contribution in [0.25, 0.3) is 0 Å². The van der Waals surface area contributed by atoms with Gasteiger partial charge in [-0.3, -0.25) is 0 Å². The van der Waals surface area contributed by atoms with E-state index in [1.165, 1.54) is 0 Å². The first-order chi connectivity index (χ1) is 6.78. The highest BCUT2D eigenvalue weighted by Gasteiger charge is 2.50. The first kappa shape index (κ1) is 8.35. The lowest BCUT2D eigenvalue weighted by atomic mass is 10.2. The minimum absolute atomic E-state index is 0.162. The second-order valence-corrected chi connectivity index (χ2v) is 4.07. The van der Waals surface area contributed by atoms with Crippen molar-refractivity contribution >= 4 is 0 Å². The number of nitrogens with one attached hydrogen (secondary N) is 1. The maximum atomic E-state index is 13.5. The van der Waals surface area contributed by atoms with Gasteiger partial charge in [0.2, 0.25) is 0 Å². The molecule has 4 nitrogen and oxygen atoms in total. The molecule has 0 spiro atoms. The Morgan fingerprint density at radius 2 is 2.36 bits per heavy atom. The predicted octanol–water partition coefficient (Wildman–Crippen LogP) is 1.45. The molecule has 14 heavy (non-hydrogen) atoms. The third-order valence-corrected chi connectivity index (χ3v) is 2.89. The van der Waals surface area contributed by atoms with Crippen molar-refractivity contribution < 1.29 is 8.91 Å². The second kappa shape index (κ2) is 2.76. The summed E-state index contributed by atoms with van der Waals surface area (Å²) in [7, 11) is 0. The number of nitrogens with zero attached hydrogens (tertiary/aromatic N) is 2. The van der Waals surface area contributed by atoms with E-state index in [1.807, 2.05) is 0 Å². The Hall–Kier alpha value is -0.970. The molecule has 0 amide bonds. The molecule has 3 rings (SSSR count). The fraction of sp³-hybridized carbons (Fsp3) is 0.778. The third kappa shape index (κ3) is 1.23. The highest BCUT2D eigenvalue weighted by molar-refractivity contribution is 5.10. The van der Waals surface area contributed by atoms with Crippen molar-refractivity contribution in [2.24, 2.45) is 0 Å². The van der Waals surface area contributed by atoms with Gasteiger partial charge < -0.3 is 9.84 Å². The number of alkyl halides is 1. The van der Waals surface area contributed by atoms with E-state index < -0.39 is 5.67 Å². The molecule has 1 saturated carbocycles. The molecule has 1 N–H and O–H groups in total. The molecule has 2 heterocycles. The summed E-state index contributed by atoms with van der Waals surface area (Å²) in [5.74, 6) is 0.780. The van der Waals surface area contributed by atoms with Gasteiger partial charge in [-0.15, -0.1) is 0 Å². The molecule has 1 unspecified atom stereocenters. The van der Waals surface area contributed by atoms with Gasteiger partial charge in [0, 0.05) is 0 Å². The molecule has 76 valence electrons. The summed E-state index contributed by atoms with van der Waals surface area (Å²) in [5.41, 5.74) is -1.30. The third-order valence-electron chi connectivity index (χ3n) is 2.89. The van der Waals surface area contributed by atoms with Crippen LogP contribution in [0, 0.1) is 0 Å². The molecule has 1 aromatic rings. The van der Waals surface area contributed by atoms with Gasteiger partial charge in [0.25, 0.3) is 5.89 Å². The molecule has 0 aromatic carbocycles. The van der Waals surface area contributed by atoms with Gasteiger partial charge in [-0.25, -0.2) is 4.39 Å². The van der Waals surface area contributed by atoms with Crippen molar-refractivity contribution in [2.45, 2.75) is 37.4 Å². The molecule has 2 aliphatic rings. The van der Waals surface area contributed by atoms with E-state index >= 15 is 0 Å². The van der Waals surface area contributed by atoms with Gasteiger partial charge in [-0.1, -0.05) is 5.16 Å². The second-order valence-electron chi connectivity index (χ2n) is 4.07. The molecule has 0 radical (unpaired) electrons. The Labute approximate surface area is 80.9 Å². The zero-order valence-electron chi connectivity index (χ0n) is 7.79. The van der Waals surface area contributed by atoms with Crippen molar-refractivity contribution in [2.75, 3.05) is 6.54 Å². The zero-order valence-corrected chi connectivity index (χ0v) is 7.79. The maximum absolute atomic E-state index is 13.5. The van der Waals surface area contributed by atoms with Gasteiger partial charge in [0.05, 0.1) is 6.04 Å². The Kier molecular flexibility index (Phi) is 1.65. The highest BCUT2D eigenvalue weighted by atomic mass is 19.1. The number of hydrogen-bond acceptors (Lipinski definition) is 4. The van der Waals surface area contributed by atoms with Crippen LogP contribution in [0.15, 0.2) is 4.52 Å². The van der Waals surface area contributed by atoms with E-state index in [2.05, 4.69) is 15.5 Å². The van der Waals surface area contributed by atoms with Crippen molar-refractivity contribution in [3.8, 4) is 0 Å². The SMILES string of the molecule is FC1(c2nc(C3CCCN3)no2)CC1. The summed E-state index contributed by atoms with van der Waals surface area (Å²) in [6, 6.07) is 0.162. The highest BCUT2D eigenvalue weighted by Crippen LogP contribution is 2.48. The average Bonchev–Trinajstić information content (AvgIpc) is 2.73. The van der Waals surface area contributed by atoms with Gasteiger partial charge >= 0.3 is 0 Å². The van der Waals surface area contributed by atoms with Crippen LogP contribution < -0.4 is 5.32 Å². The Bertz CT molecular complexity index is 342. The lowest BCUT2D eigenvalue weighted by molar-refractivity contribution is 0.225. The largest absolute Gasteiger partial charge is 0.336 e. The van der Waals surface area contributed by atoms with Crippen molar-refractivity contribution in [1.29, 1.82) is 0 Å². The van der Waals surface area contributed by atoms with Crippen LogP contribution in [0.3, 0.4) is 0 Å². The minimum Gasteiger partial charge on any atom is -0.336 e. The molecule has 1 aromatic heterocycles. The Morgan fingerprint density at radius 3 is 3.00 bits per heavy atom. The maximum Gasteiger partial charge on any atom is 0.264 e. The van der Waals surface area contributed by atoms with Crippen molar-refractivity contribution in [3.05, 3.63) is 11.7 Å². The number of halogens is 1. The number of aromatic nitrogens is 2. The summed E-state index contributed by atoms with van der Waals surface area (Å²) in [5, 5.41) is 7.07. The lowest BCUT2D eigenvalue weighted by Gasteiger charge is -2.01. The van der Waals surface area contributed by atoms with Crippen molar-refractivity contribution in [1.82, 2.24) is 15.5 Å². The number of hydrogen-bond donors (Lipinski definition) is 1. The Balaban J connectivity index is 1.82. The van der Waals surface area contributed by atoms with Crippen LogP contribution in [-0.4, -0.2) is 16.7 Å². The molecule has 1 atom stereocenters. The molecule has 1 saturated heterocycles. The molecule has 5 heteroatoms. The van der Waals surface area contributed by atoms with Gasteiger partial charge in [0.1, 0.15) is 0 Å². The van der Waals surface area contributed by atoms with Gasteiger partial charge in [-0.05, 0) is 32.2 Å². The van der Waals surface area contributed by atoms with Gasteiger partial charge in [0.15, 0.2) is 11.5 Å². The first-order valence-electron chi connectivity index (χ1n) is 5.04. The summed E-state index contributed by atoms with van der Waals surface area (Å²) in [6.07, 6.45) is 3.17. The van der Waals surface area contributed by atoms with E-state index in [0.29, 0.717) is 18.7 Å². The molecule has 1 aliphatic carbocycles. The van der Waals surface area contributed by atoms with Crippen LogP contribution in [0.4, 0.5) is 4.39 Å². The molecule has 2 fully saturated rings. The monoisotopic (exact) mass is 197 g/mol. The fourth-order valence-corrected chi connectivity index (χ4v) is 1.79. The average molecular weight is 197 g/mol. The van der Waals surface area contributed by atoms with Crippen LogP contribution >= 0.6 is 0 Å². The predicted molar refractivity (Wildman–Crippen MR) is 46.3 cm³/mol. The minimum atomic E-state index is -1.30.